The average molecular weight is 233 g/mol. The Kier molecular flexibility index (Phi) is 4.73. The van der Waals surface area contributed by atoms with E-state index in [1.165, 1.54) is 5.57 Å². The Bertz CT molecular complexity index is 372. The van der Waals surface area contributed by atoms with Gasteiger partial charge in [-0.25, -0.2) is 0 Å². The van der Waals surface area contributed by atoms with Crippen LogP contribution in [0.1, 0.15) is 47.0 Å². The van der Waals surface area contributed by atoms with Crippen LogP contribution in [0.3, 0.4) is 0 Å². The SMILES string of the molecule is C/C1=C\CC(C)(C)/C=C/NC(=O)/C(C)=C/CC1. The second-order valence-electron chi connectivity index (χ2n) is 5.48. The van der Waals surface area contributed by atoms with Crippen molar-refractivity contribution < 1.29 is 4.79 Å². The predicted molar refractivity (Wildman–Crippen MR) is 72.4 cm³/mol. The maximum atomic E-state index is 11.7. The molecule has 0 unspecified atom stereocenters. The van der Waals surface area contributed by atoms with Crippen molar-refractivity contribution in [1.82, 2.24) is 5.32 Å². The topological polar surface area (TPSA) is 29.1 Å². The van der Waals surface area contributed by atoms with Crippen LogP contribution in [-0.2, 0) is 4.79 Å². The van der Waals surface area contributed by atoms with Gasteiger partial charge in [0.25, 0.3) is 0 Å². The molecule has 1 aliphatic rings. The van der Waals surface area contributed by atoms with Gasteiger partial charge in [-0.15, -0.1) is 0 Å². The molecule has 2 heteroatoms. The monoisotopic (exact) mass is 233 g/mol. The minimum atomic E-state index is -0.000689. The maximum Gasteiger partial charge on any atom is 0.250 e. The molecule has 0 spiro atoms. The van der Waals surface area contributed by atoms with Crippen molar-refractivity contribution in [3.63, 3.8) is 0 Å². The molecule has 1 amide bonds. The number of allylic oxidation sites excluding steroid dienone is 4. The van der Waals surface area contributed by atoms with Crippen LogP contribution >= 0.6 is 0 Å². The minimum absolute atomic E-state index is 0.000689. The Morgan fingerprint density at radius 3 is 2.65 bits per heavy atom. The molecule has 94 valence electrons. The standard InChI is InChI=1S/C15H23NO/c1-12-6-5-7-13(2)14(17)16-11-10-15(3,4)9-8-12/h7-8,10-11H,5-6,9H2,1-4H3,(H,16,17)/b11-10+,12-8+,13-7+. The molecule has 0 aromatic carbocycles. The highest BCUT2D eigenvalue weighted by atomic mass is 16.1. The van der Waals surface area contributed by atoms with Crippen LogP contribution < -0.4 is 5.32 Å². The Balaban J connectivity index is 2.88. The van der Waals surface area contributed by atoms with Crippen LogP contribution in [0.25, 0.3) is 0 Å². The summed E-state index contributed by atoms with van der Waals surface area (Å²) in [5.41, 5.74) is 2.28. The van der Waals surface area contributed by atoms with Gasteiger partial charge in [0.2, 0.25) is 5.91 Å². The second-order valence-corrected chi connectivity index (χ2v) is 5.48. The van der Waals surface area contributed by atoms with E-state index < -0.39 is 0 Å². The van der Waals surface area contributed by atoms with Crippen molar-refractivity contribution in [3.8, 4) is 0 Å². The van der Waals surface area contributed by atoms with Gasteiger partial charge >= 0.3 is 0 Å². The third kappa shape index (κ3) is 5.03. The summed E-state index contributed by atoms with van der Waals surface area (Å²) in [6.07, 6.45) is 11.1. The fraction of sp³-hybridized carbons (Fsp3) is 0.533. The fourth-order valence-corrected chi connectivity index (χ4v) is 1.67. The molecular formula is C15H23NO. The number of amides is 1. The normalized spacial score (nSPS) is 29.8. The fourth-order valence-electron chi connectivity index (χ4n) is 1.67. The van der Waals surface area contributed by atoms with Crippen molar-refractivity contribution in [3.05, 3.63) is 35.6 Å². The summed E-state index contributed by atoms with van der Waals surface area (Å²) < 4.78 is 0. The van der Waals surface area contributed by atoms with Crippen LogP contribution in [0.2, 0.25) is 0 Å². The first-order valence-electron chi connectivity index (χ1n) is 6.22. The summed E-state index contributed by atoms with van der Waals surface area (Å²) in [6.45, 7) is 8.37. The van der Waals surface area contributed by atoms with E-state index in [4.69, 9.17) is 0 Å². The average Bonchev–Trinajstić information content (AvgIpc) is 2.25. The van der Waals surface area contributed by atoms with Crippen LogP contribution in [0.15, 0.2) is 35.6 Å². The smallest absolute Gasteiger partial charge is 0.250 e. The molecule has 0 aromatic rings. The summed E-state index contributed by atoms with van der Waals surface area (Å²) in [5.74, 6) is -0.000689. The Morgan fingerprint density at radius 2 is 1.94 bits per heavy atom. The number of hydrogen-bond acceptors (Lipinski definition) is 1. The van der Waals surface area contributed by atoms with E-state index in [9.17, 15) is 4.79 Å². The number of carbonyl (C=O) groups excluding carboxylic acids is 1. The minimum Gasteiger partial charge on any atom is -0.329 e. The van der Waals surface area contributed by atoms with Gasteiger partial charge in [0.05, 0.1) is 0 Å². The van der Waals surface area contributed by atoms with Gasteiger partial charge in [0.1, 0.15) is 0 Å². The maximum absolute atomic E-state index is 11.7. The number of carbonyl (C=O) groups is 1. The summed E-state index contributed by atoms with van der Waals surface area (Å²) in [5, 5.41) is 2.81. The van der Waals surface area contributed by atoms with Crippen LogP contribution in [-0.4, -0.2) is 5.91 Å². The van der Waals surface area contributed by atoms with E-state index in [0.717, 1.165) is 24.8 Å². The molecule has 0 radical (unpaired) electrons. The highest BCUT2D eigenvalue weighted by molar-refractivity contribution is 5.93. The summed E-state index contributed by atoms with van der Waals surface area (Å²) in [4.78, 5) is 11.7. The van der Waals surface area contributed by atoms with Crippen molar-refractivity contribution >= 4 is 5.91 Å². The van der Waals surface area contributed by atoms with Gasteiger partial charge in [-0.3, -0.25) is 4.79 Å². The third-order valence-corrected chi connectivity index (χ3v) is 3.07. The quantitative estimate of drug-likeness (QED) is 0.635. The molecule has 0 saturated heterocycles. The van der Waals surface area contributed by atoms with Crippen molar-refractivity contribution in [2.24, 2.45) is 5.41 Å². The second kappa shape index (κ2) is 5.85. The van der Waals surface area contributed by atoms with Gasteiger partial charge in [-0.1, -0.05) is 37.6 Å². The summed E-state index contributed by atoms with van der Waals surface area (Å²) in [7, 11) is 0. The largest absolute Gasteiger partial charge is 0.329 e. The van der Waals surface area contributed by atoms with E-state index in [0.29, 0.717) is 0 Å². The zero-order valence-electron chi connectivity index (χ0n) is 11.3. The lowest BCUT2D eigenvalue weighted by atomic mass is 9.88. The Hall–Kier alpha value is -1.31. The van der Waals surface area contributed by atoms with Gasteiger partial charge in [-0.2, -0.15) is 0 Å². The highest BCUT2D eigenvalue weighted by Crippen LogP contribution is 2.24. The van der Waals surface area contributed by atoms with E-state index in [-0.39, 0.29) is 11.3 Å². The molecule has 0 atom stereocenters. The molecule has 1 aliphatic heterocycles. The van der Waals surface area contributed by atoms with Gasteiger partial charge in [0.15, 0.2) is 0 Å². The van der Waals surface area contributed by atoms with Crippen molar-refractivity contribution in [2.45, 2.75) is 47.0 Å². The summed E-state index contributed by atoms with van der Waals surface area (Å²) >= 11 is 0. The molecule has 0 aromatic heterocycles. The van der Waals surface area contributed by atoms with Crippen LogP contribution in [0.5, 0.6) is 0 Å². The third-order valence-electron chi connectivity index (χ3n) is 3.07. The molecule has 0 fully saturated rings. The van der Waals surface area contributed by atoms with Gasteiger partial charge < -0.3 is 5.32 Å². The molecule has 0 aliphatic carbocycles. The van der Waals surface area contributed by atoms with E-state index >= 15 is 0 Å². The number of hydrogen-bond donors (Lipinski definition) is 1. The first-order valence-corrected chi connectivity index (χ1v) is 6.22. The van der Waals surface area contributed by atoms with E-state index in [1.807, 2.05) is 13.0 Å². The van der Waals surface area contributed by atoms with Gasteiger partial charge in [-0.05, 0) is 38.5 Å². The lowest BCUT2D eigenvalue weighted by molar-refractivity contribution is -0.116. The van der Waals surface area contributed by atoms with E-state index in [1.54, 1.807) is 6.20 Å². The van der Waals surface area contributed by atoms with Crippen LogP contribution in [0, 0.1) is 5.41 Å². The Morgan fingerprint density at radius 1 is 1.24 bits per heavy atom. The zero-order chi connectivity index (χ0) is 12.9. The molecule has 2 nitrogen and oxygen atoms in total. The molecule has 0 saturated carbocycles. The number of nitrogens with one attached hydrogen (secondary N) is 1. The first-order chi connectivity index (χ1) is 7.91. The lowest BCUT2D eigenvalue weighted by Gasteiger charge is -2.18. The predicted octanol–water partition coefficient (Wildman–Crippen LogP) is 3.72. The molecule has 17 heavy (non-hydrogen) atoms. The number of rotatable bonds is 0. The van der Waals surface area contributed by atoms with Crippen LogP contribution in [0.4, 0.5) is 0 Å². The van der Waals surface area contributed by atoms with Crippen molar-refractivity contribution in [1.29, 1.82) is 0 Å². The first kappa shape index (κ1) is 13.8. The van der Waals surface area contributed by atoms with Gasteiger partial charge in [0, 0.05) is 11.8 Å². The summed E-state index contributed by atoms with van der Waals surface area (Å²) in [6, 6.07) is 0. The molecule has 1 N–H and O–H groups in total. The molecule has 0 bridgehead atoms. The zero-order valence-corrected chi connectivity index (χ0v) is 11.3. The van der Waals surface area contributed by atoms with E-state index in [2.05, 4.69) is 38.2 Å². The van der Waals surface area contributed by atoms with Crippen molar-refractivity contribution in [2.75, 3.05) is 0 Å². The highest BCUT2D eigenvalue weighted by Gasteiger charge is 2.12. The lowest BCUT2D eigenvalue weighted by Crippen LogP contribution is -2.19. The molecule has 1 heterocycles. The Labute approximate surface area is 104 Å². The molecule has 1 rings (SSSR count). The molecular weight excluding hydrogens is 210 g/mol.